The first kappa shape index (κ1) is 14.6. The topological polar surface area (TPSA) is 79.0 Å². The van der Waals surface area contributed by atoms with Crippen LogP contribution >= 0.6 is 11.6 Å². The Morgan fingerprint density at radius 3 is 2.45 bits per heavy atom. The summed E-state index contributed by atoms with van der Waals surface area (Å²) in [5.41, 5.74) is 1.97. The van der Waals surface area contributed by atoms with E-state index < -0.39 is 15.6 Å². The van der Waals surface area contributed by atoms with Crippen molar-refractivity contribution >= 4 is 27.3 Å². The lowest BCUT2D eigenvalue weighted by Gasteiger charge is -2.09. The molecule has 0 aliphatic heterocycles. The van der Waals surface area contributed by atoms with Crippen LogP contribution in [-0.4, -0.2) is 13.4 Å². The van der Waals surface area contributed by atoms with Crippen molar-refractivity contribution in [3.63, 3.8) is 0 Å². The third-order valence-corrected chi connectivity index (χ3v) is 4.54. The second kappa shape index (κ2) is 5.30. The molecular formula is C13H13ClN2O3S. The molecule has 7 heteroatoms. The summed E-state index contributed by atoms with van der Waals surface area (Å²) in [6.07, 6.45) is 1.11. The first-order chi connectivity index (χ1) is 9.29. The van der Waals surface area contributed by atoms with Crippen molar-refractivity contribution in [3.8, 4) is 0 Å². The molecule has 1 heterocycles. The molecule has 0 fully saturated rings. The Morgan fingerprint density at radius 2 is 1.85 bits per heavy atom. The van der Waals surface area contributed by atoms with Crippen molar-refractivity contribution in [2.24, 2.45) is 0 Å². The molecule has 0 spiro atoms. The molecule has 20 heavy (non-hydrogen) atoms. The van der Waals surface area contributed by atoms with E-state index in [1.54, 1.807) is 12.1 Å². The van der Waals surface area contributed by atoms with Gasteiger partial charge < -0.3 is 4.98 Å². The lowest BCUT2D eigenvalue weighted by atomic mass is 10.1. The van der Waals surface area contributed by atoms with Gasteiger partial charge in [0.15, 0.2) is 0 Å². The molecule has 0 aliphatic rings. The highest BCUT2D eigenvalue weighted by Crippen LogP contribution is 2.19. The summed E-state index contributed by atoms with van der Waals surface area (Å²) in [5, 5.41) is -0.173. The van der Waals surface area contributed by atoms with Crippen LogP contribution in [-0.2, 0) is 10.0 Å². The third kappa shape index (κ3) is 3.02. The number of hydrogen-bond donors (Lipinski definition) is 2. The molecule has 2 rings (SSSR count). The molecule has 0 radical (unpaired) electrons. The minimum atomic E-state index is -3.79. The van der Waals surface area contributed by atoms with E-state index in [0.29, 0.717) is 5.69 Å². The Balaban J connectivity index is 2.37. The number of halogens is 1. The van der Waals surface area contributed by atoms with Crippen molar-refractivity contribution < 1.29 is 8.42 Å². The van der Waals surface area contributed by atoms with Crippen LogP contribution in [0.5, 0.6) is 0 Å². The molecule has 1 aromatic carbocycles. The van der Waals surface area contributed by atoms with Gasteiger partial charge in [-0.15, -0.1) is 0 Å². The Hall–Kier alpha value is -1.79. The number of H-pyrrole nitrogens is 1. The van der Waals surface area contributed by atoms with Gasteiger partial charge in [-0.05, 0) is 43.2 Å². The van der Waals surface area contributed by atoms with Crippen molar-refractivity contribution in [2.75, 3.05) is 4.72 Å². The number of nitrogens with one attached hydrogen (secondary N) is 2. The molecule has 0 unspecified atom stereocenters. The molecule has 5 nitrogen and oxygen atoms in total. The van der Waals surface area contributed by atoms with Gasteiger partial charge in [0.2, 0.25) is 0 Å². The van der Waals surface area contributed by atoms with Crippen molar-refractivity contribution in [1.29, 1.82) is 0 Å². The molecule has 1 aromatic heterocycles. The number of hydrogen-bond acceptors (Lipinski definition) is 3. The fourth-order valence-corrected chi connectivity index (χ4v) is 2.89. The zero-order valence-electron chi connectivity index (χ0n) is 10.9. The SMILES string of the molecule is Cc1ccc(NS(=O)(=O)c2c[nH]c(=O)c(Cl)c2)cc1C. The number of aromatic amines is 1. The Morgan fingerprint density at radius 1 is 1.15 bits per heavy atom. The van der Waals surface area contributed by atoms with Gasteiger partial charge >= 0.3 is 0 Å². The van der Waals surface area contributed by atoms with Crippen LogP contribution in [0.25, 0.3) is 0 Å². The van der Waals surface area contributed by atoms with Crippen LogP contribution < -0.4 is 10.3 Å². The van der Waals surface area contributed by atoms with Crippen LogP contribution in [0.1, 0.15) is 11.1 Å². The van der Waals surface area contributed by atoms with Gasteiger partial charge in [-0.3, -0.25) is 9.52 Å². The molecule has 106 valence electrons. The maximum atomic E-state index is 12.2. The summed E-state index contributed by atoms with van der Waals surface area (Å²) in [6.45, 7) is 3.83. The smallest absolute Gasteiger partial charge is 0.266 e. The largest absolute Gasteiger partial charge is 0.326 e. The van der Waals surface area contributed by atoms with Crippen LogP contribution in [0, 0.1) is 13.8 Å². The van der Waals surface area contributed by atoms with Crippen molar-refractivity contribution in [3.05, 3.63) is 57.0 Å². The normalized spacial score (nSPS) is 11.3. The van der Waals surface area contributed by atoms with Crippen LogP contribution in [0.2, 0.25) is 5.02 Å². The molecule has 2 aromatic rings. The molecule has 0 atom stereocenters. The van der Waals surface area contributed by atoms with E-state index in [4.69, 9.17) is 11.6 Å². The summed E-state index contributed by atoms with van der Waals surface area (Å²) in [5.74, 6) is 0. The van der Waals surface area contributed by atoms with E-state index in [9.17, 15) is 13.2 Å². The highest BCUT2D eigenvalue weighted by Gasteiger charge is 2.16. The fourth-order valence-electron chi connectivity index (χ4n) is 1.61. The summed E-state index contributed by atoms with van der Waals surface area (Å²) >= 11 is 5.63. The molecule has 0 aliphatic carbocycles. The number of pyridine rings is 1. The van der Waals surface area contributed by atoms with E-state index in [2.05, 4.69) is 9.71 Å². The second-order valence-electron chi connectivity index (χ2n) is 4.42. The summed E-state index contributed by atoms with van der Waals surface area (Å²) < 4.78 is 26.8. The Kier molecular flexibility index (Phi) is 3.87. The standard InChI is InChI=1S/C13H13ClN2O3S/c1-8-3-4-10(5-9(8)2)16-20(18,19)11-6-12(14)13(17)15-7-11/h3-7,16H,1-2H3,(H,15,17). The maximum absolute atomic E-state index is 12.2. The fraction of sp³-hybridized carbons (Fsp3) is 0.154. The lowest BCUT2D eigenvalue weighted by molar-refractivity contribution is 0.600. The van der Waals surface area contributed by atoms with E-state index in [1.807, 2.05) is 19.9 Å². The molecule has 0 saturated carbocycles. The Labute approximate surface area is 121 Å². The van der Waals surface area contributed by atoms with Crippen LogP contribution in [0.15, 0.2) is 40.2 Å². The lowest BCUT2D eigenvalue weighted by Crippen LogP contribution is -2.16. The van der Waals surface area contributed by atoms with Gasteiger partial charge in [0, 0.05) is 11.9 Å². The maximum Gasteiger partial charge on any atom is 0.266 e. The number of rotatable bonds is 3. The number of aryl methyl sites for hydroxylation is 2. The van der Waals surface area contributed by atoms with E-state index >= 15 is 0 Å². The van der Waals surface area contributed by atoms with Gasteiger partial charge in [0.25, 0.3) is 15.6 Å². The van der Waals surface area contributed by atoms with E-state index in [-0.39, 0.29) is 9.92 Å². The van der Waals surface area contributed by atoms with Gasteiger partial charge in [0.05, 0.1) is 0 Å². The van der Waals surface area contributed by atoms with Gasteiger partial charge in [-0.25, -0.2) is 8.42 Å². The monoisotopic (exact) mass is 312 g/mol. The van der Waals surface area contributed by atoms with Gasteiger partial charge in [-0.1, -0.05) is 17.7 Å². The summed E-state index contributed by atoms with van der Waals surface area (Å²) in [4.78, 5) is 13.3. The van der Waals surface area contributed by atoms with Crippen LogP contribution in [0.3, 0.4) is 0 Å². The van der Waals surface area contributed by atoms with Crippen molar-refractivity contribution in [2.45, 2.75) is 18.7 Å². The van der Waals surface area contributed by atoms with E-state index in [1.165, 1.54) is 0 Å². The first-order valence-electron chi connectivity index (χ1n) is 5.78. The highest BCUT2D eigenvalue weighted by molar-refractivity contribution is 7.92. The van der Waals surface area contributed by atoms with E-state index in [0.717, 1.165) is 23.4 Å². The number of benzene rings is 1. The molecule has 0 amide bonds. The second-order valence-corrected chi connectivity index (χ2v) is 6.51. The Bertz CT molecular complexity index is 813. The molecular weight excluding hydrogens is 300 g/mol. The number of aromatic nitrogens is 1. The first-order valence-corrected chi connectivity index (χ1v) is 7.64. The third-order valence-electron chi connectivity index (χ3n) is 2.90. The number of anilines is 1. The van der Waals surface area contributed by atoms with Gasteiger partial charge in [0.1, 0.15) is 9.92 Å². The zero-order valence-corrected chi connectivity index (χ0v) is 12.5. The molecule has 0 saturated heterocycles. The predicted molar refractivity (Wildman–Crippen MR) is 78.8 cm³/mol. The minimum Gasteiger partial charge on any atom is -0.326 e. The number of sulfonamides is 1. The van der Waals surface area contributed by atoms with Crippen LogP contribution in [0.4, 0.5) is 5.69 Å². The highest BCUT2D eigenvalue weighted by atomic mass is 35.5. The van der Waals surface area contributed by atoms with Gasteiger partial charge in [-0.2, -0.15) is 0 Å². The predicted octanol–water partition coefficient (Wildman–Crippen LogP) is 2.45. The minimum absolute atomic E-state index is 0.0969. The molecule has 0 bridgehead atoms. The molecule has 2 N–H and O–H groups in total. The summed E-state index contributed by atoms with van der Waals surface area (Å²) in [7, 11) is -3.79. The zero-order chi connectivity index (χ0) is 14.9. The quantitative estimate of drug-likeness (QED) is 0.913. The van der Waals surface area contributed by atoms with Crippen molar-refractivity contribution in [1.82, 2.24) is 4.98 Å². The summed E-state index contributed by atoms with van der Waals surface area (Å²) in [6, 6.07) is 6.35. The average Bonchev–Trinajstić information content (AvgIpc) is 2.37. The average molecular weight is 313 g/mol.